The van der Waals surface area contributed by atoms with Crippen LogP contribution in [0.5, 0.6) is 0 Å². The van der Waals surface area contributed by atoms with E-state index in [9.17, 15) is 0 Å². The fourth-order valence-electron chi connectivity index (χ4n) is 1.63. The first kappa shape index (κ1) is 11.4. The molecule has 1 aromatic carbocycles. The van der Waals surface area contributed by atoms with Gasteiger partial charge in [0.15, 0.2) is 0 Å². The third-order valence-electron chi connectivity index (χ3n) is 2.62. The summed E-state index contributed by atoms with van der Waals surface area (Å²) in [5, 5.41) is 3.18. The molecule has 16 heavy (non-hydrogen) atoms. The molecule has 2 heteroatoms. The Balaban J connectivity index is 2.15. The Morgan fingerprint density at radius 1 is 1.06 bits per heavy atom. The van der Waals surface area contributed by atoms with Crippen LogP contribution < -0.4 is 5.32 Å². The van der Waals surface area contributed by atoms with Gasteiger partial charge in [-0.3, -0.25) is 0 Å². The van der Waals surface area contributed by atoms with E-state index in [1.54, 1.807) is 0 Å². The number of nitrogens with one attached hydrogen (secondary N) is 1. The topological polar surface area (TPSA) is 12.0 Å². The first-order valence-electron chi connectivity index (χ1n) is 5.60. The molecule has 1 N–H and O–H groups in total. The fourth-order valence-corrected chi connectivity index (χ4v) is 2.65. The second-order valence-electron chi connectivity index (χ2n) is 3.99. The Bertz CT molecular complexity index is 442. The second kappa shape index (κ2) is 5.28. The summed E-state index contributed by atoms with van der Waals surface area (Å²) in [6.07, 6.45) is 1.12. The van der Waals surface area contributed by atoms with Gasteiger partial charge >= 0.3 is 0 Å². The first-order valence-corrected chi connectivity index (χ1v) is 6.41. The quantitative estimate of drug-likeness (QED) is 0.849. The van der Waals surface area contributed by atoms with Crippen molar-refractivity contribution in [1.29, 1.82) is 0 Å². The summed E-state index contributed by atoms with van der Waals surface area (Å²) >= 11 is 1.89. The molecule has 1 aromatic heterocycles. The summed E-state index contributed by atoms with van der Waals surface area (Å²) in [5.41, 5.74) is 2.64. The predicted molar refractivity (Wildman–Crippen MR) is 72.1 cm³/mol. The van der Waals surface area contributed by atoms with Crippen LogP contribution in [0.2, 0.25) is 0 Å². The monoisotopic (exact) mass is 231 g/mol. The van der Waals surface area contributed by atoms with E-state index in [0.717, 1.165) is 13.0 Å². The molecule has 0 amide bonds. The van der Waals surface area contributed by atoms with Crippen molar-refractivity contribution in [2.75, 3.05) is 13.6 Å². The Morgan fingerprint density at radius 2 is 1.81 bits per heavy atom. The highest BCUT2D eigenvalue weighted by Gasteiger charge is 2.02. The molecular weight excluding hydrogens is 214 g/mol. The molecule has 2 aromatic rings. The molecule has 2 rings (SSSR count). The lowest BCUT2D eigenvalue weighted by Crippen LogP contribution is -2.09. The SMILES string of the molecule is CNCCc1ccc(-c2ccc(C)cc2)s1. The minimum atomic E-state index is 1.05. The number of aryl methyl sites for hydroxylation is 1. The van der Waals surface area contributed by atoms with Gasteiger partial charge in [-0.1, -0.05) is 29.8 Å². The van der Waals surface area contributed by atoms with Gasteiger partial charge < -0.3 is 5.32 Å². The molecule has 84 valence electrons. The highest BCUT2D eigenvalue weighted by Crippen LogP contribution is 2.28. The molecule has 0 fully saturated rings. The van der Waals surface area contributed by atoms with Crippen molar-refractivity contribution in [2.24, 2.45) is 0 Å². The molecule has 0 saturated heterocycles. The molecule has 0 atom stereocenters. The zero-order valence-electron chi connectivity index (χ0n) is 9.79. The van der Waals surface area contributed by atoms with E-state index in [0.29, 0.717) is 0 Å². The number of rotatable bonds is 4. The van der Waals surface area contributed by atoms with E-state index in [2.05, 4.69) is 48.6 Å². The van der Waals surface area contributed by atoms with Crippen LogP contribution in [-0.4, -0.2) is 13.6 Å². The van der Waals surface area contributed by atoms with E-state index in [1.165, 1.54) is 20.9 Å². The van der Waals surface area contributed by atoms with E-state index in [4.69, 9.17) is 0 Å². The van der Waals surface area contributed by atoms with Crippen LogP contribution in [0, 0.1) is 6.92 Å². The Kier molecular flexibility index (Phi) is 3.75. The summed E-state index contributed by atoms with van der Waals surface area (Å²) in [6.45, 7) is 3.17. The average molecular weight is 231 g/mol. The van der Waals surface area contributed by atoms with Crippen LogP contribution in [0.1, 0.15) is 10.4 Å². The van der Waals surface area contributed by atoms with Crippen LogP contribution in [0.15, 0.2) is 36.4 Å². The predicted octanol–water partition coefficient (Wildman–Crippen LogP) is 3.49. The first-order chi connectivity index (χ1) is 7.79. The lowest BCUT2D eigenvalue weighted by molar-refractivity contribution is 0.799. The zero-order valence-corrected chi connectivity index (χ0v) is 10.6. The van der Waals surface area contributed by atoms with Gasteiger partial charge in [-0.15, -0.1) is 11.3 Å². The van der Waals surface area contributed by atoms with Gasteiger partial charge in [0.25, 0.3) is 0 Å². The lowest BCUT2D eigenvalue weighted by Gasteiger charge is -1.98. The van der Waals surface area contributed by atoms with Crippen LogP contribution in [0.4, 0.5) is 0 Å². The summed E-state index contributed by atoms with van der Waals surface area (Å²) in [5.74, 6) is 0. The molecule has 1 nitrogen and oxygen atoms in total. The number of likely N-dealkylation sites (N-methyl/N-ethyl adjacent to an activating group) is 1. The summed E-state index contributed by atoms with van der Waals surface area (Å²) in [7, 11) is 1.99. The molecular formula is C14H17NS. The van der Waals surface area contributed by atoms with Crippen molar-refractivity contribution >= 4 is 11.3 Å². The molecule has 0 unspecified atom stereocenters. The van der Waals surface area contributed by atoms with Crippen molar-refractivity contribution < 1.29 is 0 Å². The van der Waals surface area contributed by atoms with Gasteiger partial charge in [-0.05, 0) is 44.6 Å². The maximum Gasteiger partial charge on any atom is 0.0345 e. The molecule has 0 aliphatic heterocycles. The number of benzene rings is 1. The smallest absolute Gasteiger partial charge is 0.0345 e. The van der Waals surface area contributed by atoms with Gasteiger partial charge in [0, 0.05) is 9.75 Å². The molecule has 0 saturated carbocycles. The molecule has 1 heterocycles. The fraction of sp³-hybridized carbons (Fsp3) is 0.286. The van der Waals surface area contributed by atoms with Crippen molar-refractivity contribution in [3.63, 3.8) is 0 Å². The lowest BCUT2D eigenvalue weighted by atomic mass is 10.1. The highest BCUT2D eigenvalue weighted by molar-refractivity contribution is 7.15. The third kappa shape index (κ3) is 2.71. The van der Waals surface area contributed by atoms with Crippen molar-refractivity contribution in [1.82, 2.24) is 5.32 Å². The molecule has 0 spiro atoms. The van der Waals surface area contributed by atoms with Crippen LogP contribution in [-0.2, 0) is 6.42 Å². The van der Waals surface area contributed by atoms with E-state index >= 15 is 0 Å². The normalized spacial score (nSPS) is 10.6. The Labute approximate surface area is 101 Å². The van der Waals surface area contributed by atoms with Gasteiger partial charge in [-0.25, -0.2) is 0 Å². The van der Waals surface area contributed by atoms with Crippen molar-refractivity contribution in [2.45, 2.75) is 13.3 Å². The summed E-state index contributed by atoms with van der Waals surface area (Å²) < 4.78 is 0. The Morgan fingerprint density at radius 3 is 2.50 bits per heavy atom. The molecule has 0 aliphatic rings. The second-order valence-corrected chi connectivity index (χ2v) is 5.15. The van der Waals surface area contributed by atoms with Gasteiger partial charge in [0.2, 0.25) is 0 Å². The highest BCUT2D eigenvalue weighted by atomic mass is 32.1. The van der Waals surface area contributed by atoms with E-state index in [-0.39, 0.29) is 0 Å². The summed E-state index contributed by atoms with van der Waals surface area (Å²) in [6, 6.07) is 13.2. The zero-order chi connectivity index (χ0) is 11.4. The Hall–Kier alpha value is -1.12. The van der Waals surface area contributed by atoms with Crippen LogP contribution >= 0.6 is 11.3 Å². The average Bonchev–Trinajstić information content (AvgIpc) is 2.76. The molecule has 0 bridgehead atoms. The minimum Gasteiger partial charge on any atom is -0.319 e. The van der Waals surface area contributed by atoms with Gasteiger partial charge in [0.05, 0.1) is 0 Å². The van der Waals surface area contributed by atoms with Gasteiger partial charge in [0.1, 0.15) is 0 Å². The molecule has 0 aliphatic carbocycles. The third-order valence-corrected chi connectivity index (χ3v) is 3.81. The number of thiophene rings is 1. The number of hydrogen-bond acceptors (Lipinski definition) is 2. The van der Waals surface area contributed by atoms with Gasteiger partial charge in [-0.2, -0.15) is 0 Å². The van der Waals surface area contributed by atoms with E-state index in [1.807, 2.05) is 18.4 Å². The van der Waals surface area contributed by atoms with Crippen molar-refractivity contribution in [3.8, 4) is 10.4 Å². The minimum absolute atomic E-state index is 1.05. The maximum absolute atomic E-state index is 3.18. The van der Waals surface area contributed by atoms with E-state index < -0.39 is 0 Å². The number of hydrogen-bond donors (Lipinski definition) is 1. The van der Waals surface area contributed by atoms with Crippen LogP contribution in [0.3, 0.4) is 0 Å². The standard InChI is InChI=1S/C14H17NS/c1-11-3-5-12(6-4-11)14-8-7-13(16-14)9-10-15-2/h3-8,15H,9-10H2,1-2H3. The largest absolute Gasteiger partial charge is 0.319 e. The van der Waals surface area contributed by atoms with Crippen molar-refractivity contribution in [3.05, 3.63) is 46.8 Å². The van der Waals surface area contributed by atoms with Crippen LogP contribution in [0.25, 0.3) is 10.4 Å². The maximum atomic E-state index is 3.18. The summed E-state index contributed by atoms with van der Waals surface area (Å²) in [4.78, 5) is 2.82. The molecule has 0 radical (unpaired) electrons.